The molecule has 1 rings (SSSR count). The minimum absolute atomic E-state index is 0.129. The van der Waals surface area contributed by atoms with E-state index in [2.05, 4.69) is 10.2 Å². The summed E-state index contributed by atoms with van der Waals surface area (Å²) < 4.78 is 0. The number of nitro benzene ring substituents is 2. The molecule has 0 aliphatic carbocycles. The molecule has 0 amide bonds. The topological polar surface area (TPSA) is 102 Å². The van der Waals surface area contributed by atoms with Crippen LogP contribution in [0.5, 0.6) is 0 Å². The van der Waals surface area contributed by atoms with Crippen LogP contribution in [0, 0.1) is 20.2 Å². The van der Waals surface area contributed by atoms with E-state index in [1.807, 2.05) is 13.8 Å². The monoisotopic (exact) mass is 316 g/mol. The van der Waals surface area contributed by atoms with Crippen molar-refractivity contribution in [1.29, 1.82) is 0 Å². The summed E-state index contributed by atoms with van der Waals surface area (Å²) >= 11 is 5.78. The quantitative estimate of drug-likeness (QED) is 0.584. The van der Waals surface area contributed by atoms with Crippen LogP contribution in [0.2, 0.25) is 5.02 Å². The first kappa shape index (κ1) is 17.1. The largest absolute Gasteiger partial charge is 0.378 e. The first-order valence-electron chi connectivity index (χ1n) is 6.49. The lowest BCUT2D eigenvalue weighted by molar-refractivity contribution is -0.393. The molecule has 21 heavy (non-hydrogen) atoms. The Hall–Kier alpha value is -1.93. The van der Waals surface area contributed by atoms with E-state index in [1.165, 1.54) is 6.07 Å². The average molecular weight is 317 g/mol. The fraction of sp³-hybridized carbons (Fsp3) is 0.500. The second-order valence-corrected chi connectivity index (χ2v) is 4.70. The van der Waals surface area contributed by atoms with Gasteiger partial charge >= 0.3 is 0 Å². The Bertz CT molecular complexity index is 534. The molecule has 0 aliphatic rings. The first-order valence-corrected chi connectivity index (χ1v) is 6.87. The van der Waals surface area contributed by atoms with E-state index in [9.17, 15) is 20.2 Å². The maximum absolute atomic E-state index is 11.0. The number of nitrogens with one attached hydrogen (secondary N) is 1. The third-order valence-electron chi connectivity index (χ3n) is 3.10. The molecule has 0 bridgehead atoms. The van der Waals surface area contributed by atoms with Crippen molar-refractivity contribution < 1.29 is 9.85 Å². The molecule has 0 radical (unpaired) electrons. The van der Waals surface area contributed by atoms with Gasteiger partial charge in [-0.05, 0) is 19.2 Å². The Balaban J connectivity index is 2.93. The maximum atomic E-state index is 11.0. The summed E-state index contributed by atoms with van der Waals surface area (Å²) in [6.45, 7) is 6.99. The molecule has 0 heterocycles. The molecule has 1 aromatic carbocycles. The van der Waals surface area contributed by atoms with Crippen LogP contribution in [0.15, 0.2) is 12.1 Å². The SMILES string of the molecule is CCN(CC)CCNc1cc(Cl)c([N+](=O)[O-])cc1[N+](=O)[O-]. The lowest BCUT2D eigenvalue weighted by Gasteiger charge is -2.18. The molecule has 0 spiro atoms. The highest BCUT2D eigenvalue weighted by Crippen LogP contribution is 2.35. The molecule has 0 saturated heterocycles. The number of halogens is 1. The van der Waals surface area contributed by atoms with Gasteiger partial charge in [-0.15, -0.1) is 0 Å². The normalized spacial score (nSPS) is 10.7. The minimum atomic E-state index is -0.741. The van der Waals surface area contributed by atoms with Gasteiger partial charge in [0, 0.05) is 13.1 Å². The van der Waals surface area contributed by atoms with Gasteiger partial charge in [-0.2, -0.15) is 0 Å². The van der Waals surface area contributed by atoms with Crippen molar-refractivity contribution in [2.24, 2.45) is 0 Å². The highest BCUT2D eigenvalue weighted by Gasteiger charge is 2.23. The van der Waals surface area contributed by atoms with Gasteiger partial charge in [0.25, 0.3) is 11.4 Å². The summed E-state index contributed by atoms with van der Waals surface area (Å²) in [5, 5.41) is 24.5. The Morgan fingerprint density at radius 1 is 1.14 bits per heavy atom. The standard InChI is InChI=1S/C12H17ClN4O4/c1-3-15(4-2)6-5-14-10-7-9(13)11(16(18)19)8-12(10)17(20)21/h7-8,14H,3-6H2,1-2H3. The van der Waals surface area contributed by atoms with Crippen LogP contribution in [0.3, 0.4) is 0 Å². The highest BCUT2D eigenvalue weighted by molar-refractivity contribution is 6.33. The van der Waals surface area contributed by atoms with Crippen LogP contribution in [-0.4, -0.2) is 40.9 Å². The predicted octanol–water partition coefficient (Wildman–Crippen LogP) is 2.91. The lowest BCUT2D eigenvalue weighted by atomic mass is 10.2. The molecule has 0 fully saturated rings. The Morgan fingerprint density at radius 3 is 2.19 bits per heavy atom. The van der Waals surface area contributed by atoms with E-state index in [-0.39, 0.29) is 16.4 Å². The number of nitro groups is 2. The van der Waals surface area contributed by atoms with Crippen LogP contribution < -0.4 is 5.32 Å². The Kier molecular flexibility index (Phi) is 6.32. The third kappa shape index (κ3) is 4.54. The van der Waals surface area contributed by atoms with E-state index < -0.39 is 15.5 Å². The molecule has 8 nitrogen and oxygen atoms in total. The smallest absolute Gasteiger partial charge is 0.299 e. The maximum Gasteiger partial charge on any atom is 0.299 e. The van der Waals surface area contributed by atoms with E-state index in [1.54, 1.807) is 0 Å². The summed E-state index contributed by atoms with van der Waals surface area (Å²) in [7, 11) is 0. The van der Waals surface area contributed by atoms with Gasteiger partial charge in [0.15, 0.2) is 0 Å². The van der Waals surface area contributed by atoms with E-state index in [4.69, 9.17) is 11.6 Å². The van der Waals surface area contributed by atoms with Crippen LogP contribution >= 0.6 is 11.6 Å². The molecule has 0 aromatic heterocycles. The van der Waals surface area contributed by atoms with E-state index in [0.717, 1.165) is 19.2 Å². The molecule has 0 aliphatic heterocycles. The van der Waals surface area contributed by atoms with Crippen LogP contribution in [0.4, 0.5) is 17.1 Å². The lowest BCUT2D eigenvalue weighted by Crippen LogP contribution is -2.28. The zero-order valence-corrected chi connectivity index (χ0v) is 12.6. The van der Waals surface area contributed by atoms with Gasteiger partial charge < -0.3 is 10.2 Å². The van der Waals surface area contributed by atoms with Crippen molar-refractivity contribution in [2.45, 2.75) is 13.8 Å². The second kappa shape index (κ2) is 7.75. The Labute approximate surface area is 127 Å². The molecule has 1 N–H and O–H groups in total. The van der Waals surface area contributed by atoms with E-state index in [0.29, 0.717) is 13.1 Å². The molecular weight excluding hydrogens is 300 g/mol. The number of hydrogen-bond acceptors (Lipinski definition) is 6. The number of nitrogens with zero attached hydrogens (tertiary/aromatic N) is 3. The summed E-state index contributed by atoms with van der Waals surface area (Å²) in [6.07, 6.45) is 0. The number of rotatable bonds is 8. The number of hydrogen-bond donors (Lipinski definition) is 1. The predicted molar refractivity (Wildman–Crippen MR) is 81.0 cm³/mol. The molecule has 0 unspecified atom stereocenters. The van der Waals surface area contributed by atoms with Gasteiger partial charge in [-0.3, -0.25) is 20.2 Å². The van der Waals surface area contributed by atoms with Crippen molar-refractivity contribution in [3.05, 3.63) is 37.4 Å². The summed E-state index contributed by atoms with van der Waals surface area (Å²) in [5.41, 5.74) is -0.647. The molecule has 0 saturated carbocycles. The number of anilines is 1. The van der Waals surface area contributed by atoms with Crippen molar-refractivity contribution in [1.82, 2.24) is 4.90 Å². The molecule has 1 aromatic rings. The van der Waals surface area contributed by atoms with Crippen molar-refractivity contribution in [3.8, 4) is 0 Å². The third-order valence-corrected chi connectivity index (χ3v) is 3.40. The average Bonchev–Trinajstić information content (AvgIpc) is 2.42. The van der Waals surface area contributed by atoms with E-state index >= 15 is 0 Å². The van der Waals surface area contributed by atoms with Crippen LogP contribution in [-0.2, 0) is 0 Å². The first-order chi connectivity index (χ1) is 9.90. The zero-order valence-electron chi connectivity index (χ0n) is 11.8. The van der Waals surface area contributed by atoms with Crippen LogP contribution in [0.1, 0.15) is 13.8 Å². The fourth-order valence-corrected chi connectivity index (χ4v) is 2.10. The van der Waals surface area contributed by atoms with Crippen LogP contribution in [0.25, 0.3) is 0 Å². The minimum Gasteiger partial charge on any atom is -0.378 e. The summed E-state index contributed by atoms with van der Waals surface area (Å²) in [5.74, 6) is 0. The van der Waals surface area contributed by atoms with Crippen molar-refractivity contribution in [3.63, 3.8) is 0 Å². The van der Waals surface area contributed by atoms with Crippen molar-refractivity contribution >= 4 is 28.7 Å². The number of benzene rings is 1. The van der Waals surface area contributed by atoms with Gasteiger partial charge in [0.05, 0.1) is 15.9 Å². The highest BCUT2D eigenvalue weighted by atomic mass is 35.5. The number of likely N-dealkylation sites (N-methyl/N-ethyl adjacent to an activating group) is 1. The summed E-state index contributed by atoms with van der Waals surface area (Å²) in [6, 6.07) is 2.10. The molecule has 116 valence electrons. The van der Waals surface area contributed by atoms with Gasteiger partial charge in [0.2, 0.25) is 0 Å². The molecular formula is C12H17ClN4O4. The van der Waals surface area contributed by atoms with Gasteiger partial charge in [-0.25, -0.2) is 0 Å². The molecule has 9 heteroatoms. The second-order valence-electron chi connectivity index (χ2n) is 4.29. The van der Waals surface area contributed by atoms with Crippen molar-refractivity contribution in [2.75, 3.05) is 31.5 Å². The Morgan fingerprint density at radius 2 is 1.71 bits per heavy atom. The molecule has 0 atom stereocenters. The summed E-state index contributed by atoms with van der Waals surface area (Å²) in [4.78, 5) is 22.5. The fourth-order valence-electron chi connectivity index (χ4n) is 1.87. The zero-order chi connectivity index (χ0) is 16.0. The van der Waals surface area contributed by atoms with Gasteiger partial charge in [0.1, 0.15) is 10.7 Å². The van der Waals surface area contributed by atoms with Gasteiger partial charge in [-0.1, -0.05) is 25.4 Å².